The Morgan fingerprint density at radius 1 is 1.26 bits per heavy atom. The van der Waals surface area contributed by atoms with Crippen molar-refractivity contribution in [3.63, 3.8) is 0 Å². The van der Waals surface area contributed by atoms with E-state index in [2.05, 4.69) is 54.8 Å². The lowest BCUT2D eigenvalue weighted by atomic mass is 10.2. The molecule has 0 amide bonds. The molecular formula is C15H23BrF3NO2Si. The highest BCUT2D eigenvalue weighted by atomic mass is 79.9. The fourth-order valence-corrected chi connectivity index (χ4v) is 3.49. The molecule has 0 spiro atoms. The van der Waals surface area contributed by atoms with Crippen LogP contribution in [0, 0.1) is 0 Å². The van der Waals surface area contributed by atoms with Gasteiger partial charge in [0.2, 0.25) is 5.88 Å². The summed E-state index contributed by atoms with van der Waals surface area (Å²) in [6.45, 7) is 12.8. The number of hydrogen-bond acceptors (Lipinski definition) is 3. The van der Waals surface area contributed by atoms with E-state index in [-0.39, 0.29) is 28.1 Å². The second-order valence-corrected chi connectivity index (χ2v) is 12.6. The van der Waals surface area contributed by atoms with Gasteiger partial charge in [0.25, 0.3) is 0 Å². The van der Waals surface area contributed by atoms with E-state index in [1.165, 1.54) is 0 Å². The van der Waals surface area contributed by atoms with E-state index in [0.29, 0.717) is 0 Å². The Hall–Kier alpha value is -0.603. The molecule has 1 aromatic rings. The van der Waals surface area contributed by atoms with Gasteiger partial charge >= 0.3 is 6.18 Å². The van der Waals surface area contributed by atoms with Gasteiger partial charge in [0.05, 0.1) is 16.1 Å². The summed E-state index contributed by atoms with van der Waals surface area (Å²) in [6.07, 6.45) is -3.83. The Balaban J connectivity index is 2.69. The molecule has 1 rings (SSSR count). The average Bonchev–Trinajstić information content (AvgIpc) is 2.34. The topological polar surface area (TPSA) is 31.4 Å². The molecule has 0 N–H and O–H groups in total. The number of hydrogen-bond donors (Lipinski definition) is 0. The monoisotopic (exact) mass is 413 g/mol. The zero-order valence-corrected chi connectivity index (χ0v) is 16.8. The largest absolute Gasteiger partial charge is 0.474 e. The molecule has 1 aromatic heterocycles. The number of alkyl halides is 3. The number of pyridine rings is 1. The van der Waals surface area contributed by atoms with Gasteiger partial charge in [0.15, 0.2) is 8.32 Å². The molecule has 0 saturated carbocycles. The SMILES string of the molecule is C[C@H](COc1ncc(C(F)(F)F)cc1Br)O[Si](C)(C)C(C)(C)C. The summed E-state index contributed by atoms with van der Waals surface area (Å²) in [6, 6.07) is 0.960. The van der Waals surface area contributed by atoms with Crippen LogP contribution in [0.2, 0.25) is 18.1 Å². The van der Waals surface area contributed by atoms with Crippen LogP contribution in [0.15, 0.2) is 16.7 Å². The zero-order valence-electron chi connectivity index (χ0n) is 14.2. The van der Waals surface area contributed by atoms with E-state index in [0.717, 1.165) is 12.3 Å². The van der Waals surface area contributed by atoms with Gasteiger partial charge in [-0.05, 0) is 47.1 Å². The normalized spacial score (nSPS) is 14.7. The van der Waals surface area contributed by atoms with Crippen molar-refractivity contribution < 1.29 is 22.3 Å². The highest BCUT2D eigenvalue weighted by molar-refractivity contribution is 9.10. The molecule has 23 heavy (non-hydrogen) atoms. The number of nitrogens with zero attached hydrogens (tertiary/aromatic N) is 1. The van der Waals surface area contributed by atoms with E-state index < -0.39 is 20.1 Å². The minimum absolute atomic E-state index is 0.0778. The van der Waals surface area contributed by atoms with Gasteiger partial charge in [-0.1, -0.05) is 20.8 Å². The summed E-state index contributed by atoms with van der Waals surface area (Å²) < 4.78 is 49.6. The quantitative estimate of drug-likeness (QED) is 0.584. The predicted molar refractivity (Wildman–Crippen MR) is 90.2 cm³/mol. The molecule has 0 radical (unpaired) electrons. The smallest absolute Gasteiger partial charge is 0.417 e. The first kappa shape index (κ1) is 20.4. The van der Waals surface area contributed by atoms with Crippen molar-refractivity contribution >= 4 is 24.2 Å². The first-order chi connectivity index (χ1) is 10.2. The lowest BCUT2D eigenvalue weighted by Crippen LogP contribution is -2.44. The second-order valence-electron chi connectivity index (χ2n) is 7.01. The van der Waals surface area contributed by atoms with Gasteiger partial charge in [-0.15, -0.1) is 0 Å². The van der Waals surface area contributed by atoms with Crippen LogP contribution >= 0.6 is 15.9 Å². The maximum atomic E-state index is 12.6. The van der Waals surface area contributed by atoms with E-state index in [4.69, 9.17) is 9.16 Å². The molecule has 8 heteroatoms. The molecule has 0 bridgehead atoms. The van der Waals surface area contributed by atoms with Crippen molar-refractivity contribution in [2.24, 2.45) is 0 Å². The highest BCUT2D eigenvalue weighted by Gasteiger charge is 2.38. The first-order valence-corrected chi connectivity index (χ1v) is 11.0. The highest BCUT2D eigenvalue weighted by Crippen LogP contribution is 2.37. The van der Waals surface area contributed by atoms with Gasteiger partial charge in [-0.3, -0.25) is 0 Å². The second kappa shape index (κ2) is 7.10. The van der Waals surface area contributed by atoms with E-state index in [9.17, 15) is 13.2 Å². The summed E-state index contributed by atoms with van der Waals surface area (Å²) in [5.41, 5.74) is -0.817. The number of halogens is 4. The van der Waals surface area contributed by atoms with Gasteiger partial charge in [0.1, 0.15) is 6.61 Å². The van der Waals surface area contributed by atoms with Gasteiger partial charge in [-0.25, -0.2) is 4.98 Å². The third-order valence-electron chi connectivity index (χ3n) is 3.89. The summed E-state index contributed by atoms with van der Waals surface area (Å²) in [7, 11) is -1.91. The van der Waals surface area contributed by atoms with Crippen molar-refractivity contribution in [3.8, 4) is 5.88 Å². The number of ether oxygens (including phenoxy) is 1. The molecule has 0 aliphatic heterocycles. The molecular weight excluding hydrogens is 391 g/mol. The lowest BCUT2D eigenvalue weighted by Gasteiger charge is -2.38. The van der Waals surface area contributed by atoms with Crippen molar-refractivity contribution in [1.82, 2.24) is 4.98 Å². The van der Waals surface area contributed by atoms with Crippen LogP contribution in [-0.4, -0.2) is 26.0 Å². The number of rotatable bonds is 5. The average molecular weight is 414 g/mol. The molecule has 0 aliphatic carbocycles. The maximum absolute atomic E-state index is 12.6. The molecule has 1 heterocycles. The molecule has 0 aromatic carbocycles. The van der Waals surface area contributed by atoms with Crippen LogP contribution in [0.3, 0.4) is 0 Å². The van der Waals surface area contributed by atoms with Crippen molar-refractivity contribution in [2.75, 3.05) is 6.61 Å². The summed E-state index contributed by atoms with van der Waals surface area (Å²) in [5.74, 6) is 0.128. The molecule has 0 unspecified atom stereocenters. The van der Waals surface area contributed by atoms with Crippen molar-refractivity contribution in [1.29, 1.82) is 0 Å². The van der Waals surface area contributed by atoms with E-state index in [1.54, 1.807) is 0 Å². The van der Waals surface area contributed by atoms with Gasteiger partial charge in [-0.2, -0.15) is 13.2 Å². The predicted octanol–water partition coefficient (Wildman–Crippen LogP) is 5.65. The fourth-order valence-electron chi connectivity index (χ4n) is 1.60. The number of aromatic nitrogens is 1. The fraction of sp³-hybridized carbons (Fsp3) is 0.667. The van der Waals surface area contributed by atoms with Crippen LogP contribution in [0.4, 0.5) is 13.2 Å². The molecule has 0 saturated heterocycles. The Bertz CT molecular complexity index is 545. The van der Waals surface area contributed by atoms with Crippen LogP contribution in [0.25, 0.3) is 0 Å². The van der Waals surface area contributed by atoms with Crippen molar-refractivity contribution in [3.05, 3.63) is 22.3 Å². The Labute approximate surface area is 144 Å². The molecule has 3 nitrogen and oxygen atoms in total. The van der Waals surface area contributed by atoms with E-state index >= 15 is 0 Å². The minimum Gasteiger partial charge on any atom is -0.474 e. The zero-order chi connectivity index (χ0) is 18.1. The Morgan fingerprint density at radius 3 is 2.26 bits per heavy atom. The third-order valence-corrected chi connectivity index (χ3v) is 9.06. The van der Waals surface area contributed by atoms with Gasteiger partial charge in [0, 0.05) is 6.20 Å². The Kier molecular flexibility index (Phi) is 6.31. The van der Waals surface area contributed by atoms with Crippen LogP contribution in [-0.2, 0) is 10.6 Å². The maximum Gasteiger partial charge on any atom is 0.417 e. The summed E-state index contributed by atoms with van der Waals surface area (Å²) in [4.78, 5) is 3.73. The van der Waals surface area contributed by atoms with Crippen LogP contribution in [0.5, 0.6) is 5.88 Å². The third kappa shape index (κ3) is 5.76. The molecule has 0 fully saturated rings. The molecule has 132 valence electrons. The Morgan fingerprint density at radius 2 is 1.83 bits per heavy atom. The summed E-state index contributed by atoms with van der Waals surface area (Å²) in [5, 5.41) is 0.0778. The minimum atomic E-state index is -4.42. The standard InChI is InChI=1S/C15H23BrF3NO2Si/c1-10(22-23(5,6)14(2,3)4)9-21-13-12(16)7-11(8-20-13)15(17,18)19/h7-8,10H,9H2,1-6H3/t10-/m1/s1. The van der Waals surface area contributed by atoms with Crippen molar-refractivity contribution in [2.45, 2.75) is 58.1 Å². The molecule has 0 aliphatic rings. The van der Waals surface area contributed by atoms with Crippen LogP contribution in [0.1, 0.15) is 33.3 Å². The first-order valence-electron chi connectivity index (χ1n) is 7.27. The molecule has 1 atom stereocenters. The lowest BCUT2D eigenvalue weighted by molar-refractivity contribution is -0.137. The van der Waals surface area contributed by atoms with E-state index in [1.807, 2.05) is 6.92 Å². The van der Waals surface area contributed by atoms with Crippen LogP contribution < -0.4 is 4.74 Å². The summed E-state index contributed by atoms with van der Waals surface area (Å²) >= 11 is 3.06. The van der Waals surface area contributed by atoms with Gasteiger partial charge < -0.3 is 9.16 Å².